The standard InChI is InChI=1S/C24H26N4O3S/c1-32(30,31)21-9-7-20(8-10-21)25-24(29)22-11-12-23(27-26-22)28-15-13-19(14-16-28)17-18-5-3-2-4-6-18/h2-12,19H,13-17H2,1H3,(H,25,29). The zero-order valence-electron chi connectivity index (χ0n) is 17.9. The normalized spacial score (nSPS) is 14.8. The molecule has 0 radical (unpaired) electrons. The number of nitrogens with one attached hydrogen (secondary N) is 1. The predicted octanol–water partition coefficient (Wildman–Crippen LogP) is 3.59. The second kappa shape index (κ2) is 9.48. The Bertz CT molecular complexity index is 1160. The number of rotatable bonds is 6. The monoisotopic (exact) mass is 450 g/mol. The Morgan fingerprint density at radius 2 is 1.66 bits per heavy atom. The van der Waals surface area contributed by atoms with Gasteiger partial charge in [0.25, 0.3) is 5.91 Å². The van der Waals surface area contributed by atoms with Crippen molar-refractivity contribution in [3.63, 3.8) is 0 Å². The van der Waals surface area contributed by atoms with Gasteiger partial charge in [0.1, 0.15) is 0 Å². The van der Waals surface area contributed by atoms with Crippen LogP contribution in [-0.4, -0.2) is 43.9 Å². The molecule has 2 heterocycles. The molecule has 0 saturated carbocycles. The lowest BCUT2D eigenvalue weighted by Crippen LogP contribution is -2.35. The van der Waals surface area contributed by atoms with Gasteiger partial charge in [-0.05, 0) is 67.1 Å². The van der Waals surface area contributed by atoms with Crippen LogP contribution in [0.5, 0.6) is 0 Å². The number of nitrogens with zero attached hydrogens (tertiary/aromatic N) is 3. The Morgan fingerprint density at radius 1 is 0.969 bits per heavy atom. The molecule has 1 saturated heterocycles. The van der Waals surface area contributed by atoms with E-state index in [1.165, 1.54) is 17.7 Å². The van der Waals surface area contributed by atoms with E-state index in [2.05, 4.69) is 44.7 Å². The first-order chi connectivity index (χ1) is 15.4. The Balaban J connectivity index is 1.31. The highest BCUT2D eigenvalue weighted by molar-refractivity contribution is 7.90. The van der Waals surface area contributed by atoms with E-state index in [4.69, 9.17) is 0 Å². The van der Waals surface area contributed by atoms with Gasteiger partial charge < -0.3 is 10.2 Å². The van der Waals surface area contributed by atoms with Gasteiger partial charge in [-0.25, -0.2) is 8.42 Å². The Hall–Kier alpha value is -3.26. The SMILES string of the molecule is CS(=O)(=O)c1ccc(NC(=O)c2ccc(N3CCC(Cc4ccccc4)CC3)nn2)cc1. The van der Waals surface area contributed by atoms with Crippen molar-refractivity contribution >= 4 is 27.2 Å². The van der Waals surface area contributed by atoms with Crippen LogP contribution >= 0.6 is 0 Å². The van der Waals surface area contributed by atoms with E-state index in [-0.39, 0.29) is 10.6 Å². The van der Waals surface area contributed by atoms with Crippen LogP contribution in [0.3, 0.4) is 0 Å². The molecule has 166 valence electrons. The van der Waals surface area contributed by atoms with Crippen LogP contribution in [0, 0.1) is 5.92 Å². The van der Waals surface area contributed by atoms with Gasteiger partial charge >= 0.3 is 0 Å². The lowest BCUT2D eigenvalue weighted by molar-refractivity contribution is 0.102. The molecule has 0 spiro atoms. The third kappa shape index (κ3) is 5.50. The van der Waals surface area contributed by atoms with Crippen molar-refractivity contribution in [1.29, 1.82) is 0 Å². The molecule has 1 fully saturated rings. The average Bonchev–Trinajstić information content (AvgIpc) is 2.80. The van der Waals surface area contributed by atoms with E-state index in [1.54, 1.807) is 18.2 Å². The van der Waals surface area contributed by atoms with Gasteiger partial charge in [-0.2, -0.15) is 0 Å². The molecule has 4 rings (SSSR count). The number of carbonyl (C=O) groups is 1. The third-order valence-electron chi connectivity index (χ3n) is 5.73. The molecule has 0 bridgehead atoms. The molecule has 32 heavy (non-hydrogen) atoms. The minimum Gasteiger partial charge on any atom is -0.355 e. The molecule has 1 aliphatic heterocycles. The summed E-state index contributed by atoms with van der Waals surface area (Å²) >= 11 is 0. The van der Waals surface area contributed by atoms with Gasteiger partial charge in [0.15, 0.2) is 21.3 Å². The number of hydrogen-bond donors (Lipinski definition) is 1. The van der Waals surface area contributed by atoms with Gasteiger partial charge in [0, 0.05) is 25.0 Å². The van der Waals surface area contributed by atoms with Gasteiger partial charge in [0.05, 0.1) is 4.90 Å². The number of benzene rings is 2. The lowest BCUT2D eigenvalue weighted by Gasteiger charge is -2.32. The molecule has 2 aromatic carbocycles. The summed E-state index contributed by atoms with van der Waals surface area (Å²) in [5, 5.41) is 11.1. The first kappa shape index (κ1) is 22.0. The van der Waals surface area contributed by atoms with Crippen molar-refractivity contribution in [3.8, 4) is 0 Å². The van der Waals surface area contributed by atoms with Gasteiger partial charge in [0.2, 0.25) is 0 Å². The van der Waals surface area contributed by atoms with E-state index in [0.717, 1.165) is 44.4 Å². The molecular weight excluding hydrogens is 424 g/mol. The maximum atomic E-state index is 12.5. The second-order valence-electron chi connectivity index (χ2n) is 8.15. The summed E-state index contributed by atoms with van der Waals surface area (Å²) in [6, 6.07) is 20.1. The van der Waals surface area contributed by atoms with Crippen LogP contribution < -0.4 is 10.2 Å². The van der Waals surface area contributed by atoms with Crippen LogP contribution in [-0.2, 0) is 16.3 Å². The number of anilines is 2. The molecule has 1 aliphatic rings. The van der Waals surface area contributed by atoms with E-state index in [0.29, 0.717) is 11.6 Å². The summed E-state index contributed by atoms with van der Waals surface area (Å²) in [5.41, 5.74) is 2.08. The molecule has 1 N–H and O–H groups in total. The number of carbonyl (C=O) groups excluding carboxylic acids is 1. The van der Waals surface area contributed by atoms with Crippen molar-refractivity contribution < 1.29 is 13.2 Å². The van der Waals surface area contributed by atoms with E-state index in [9.17, 15) is 13.2 Å². The molecule has 7 nitrogen and oxygen atoms in total. The molecule has 8 heteroatoms. The van der Waals surface area contributed by atoms with Crippen molar-refractivity contribution in [1.82, 2.24) is 10.2 Å². The summed E-state index contributed by atoms with van der Waals surface area (Å²) in [4.78, 5) is 14.9. The summed E-state index contributed by atoms with van der Waals surface area (Å²) < 4.78 is 23.1. The highest BCUT2D eigenvalue weighted by Crippen LogP contribution is 2.24. The van der Waals surface area contributed by atoms with E-state index < -0.39 is 15.7 Å². The second-order valence-corrected chi connectivity index (χ2v) is 10.2. The van der Waals surface area contributed by atoms with Crippen LogP contribution in [0.25, 0.3) is 0 Å². The molecule has 1 amide bonds. The fourth-order valence-corrected chi connectivity index (χ4v) is 4.54. The summed E-state index contributed by atoms with van der Waals surface area (Å²) in [7, 11) is -3.28. The Labute approximate surface area is 188 Å². The topological polar surface area (TPSA) is 92.3 Å². The summed E-state index contributed by atoms with van der Waals surface area (Å²) in [6.45, 7) is 1.84. The summed E-state index contributed by atoms with van der Waals surface area (Å²) in [6.07, 6.45) is 4.44. The van der Waals surface area contributed by atoms with Crippen LogP contribution in [0.2, 0.25) is 0 Å². The maximum Gasteiger partial charge on any atom is 0.276 e. The number of aromatic nitrogens is 2. The predicted molar refractivity (Wildman–Crippen MR) is 125 cm³/mol. The highest BCUT2D eigenvalue weighted by Gasteiger charge is 2.21. The van der Waals surface area contributed by atoms with Gasteiger partial charge in [-0.3, -0.25) is 4.79 Å². The summed E-state index contributed by atoms with van der Waals surface area (Å²) in [5.74, 6) is 1.05. The van der Waals surface area contributed by atoms with Gasteiger partial charge in [-0.15, -0.1) is 10.2 Å². The van der Waals surface area contributed by atoms with E-state index >= 15 is 0 Å². The molecule has 0 atom stereocenters. The minimum absolute atomic E-state index is 0.201. The first-order valence-corrected chi connectivity index (χ1v) is 12.5. The van der Waals surface area contributed by atoms with Gasteiger partial charge in [-0.1, -0.05) is 30.3 Å². The fourth-order valence-electron chi connectivity index (χ4n) is 3.91. The van der Waals surface area contributed by atoms with Crippen molar-refractivity contribution in [2.75, 3.05) is 29.6 Å². The lowest BCUT2D eigenvalue weighted by atomic mass is 9.90. The molecule has 1 aromatic heterocycles. The number of sulfone groups is 1. The molecule has 0 unspecified atom stereocenters. The molecular formula is C24H26N4O3S. The largest absolute Gasteiger partial charge is 0.355 e. The number of amides is 1. The Morgan fingerprint density at radius 3 is 2.25 bits per heavy atom. The molecule has 3 aromatic rings. The van der Waals surface area contributed by atoms with Crippen LogP contribution in [0.4, 0.5) is 11.5 Å². The smallest absolute Gasteiger partial charge is 0.276 e. The minimum atomic E-state index is -3.28. The van der Waals surface area contributed by atoms with Crippen LogP contribution in [0.15, 0.2) is 71.6 Å². The van der Waals surface area contributed by atoms with E-state index in [1.807, 2.05) is 12.1 Å². The van der Waals surface area contributed by atoms with Crippen molar-refractivity contribution in [2.45, 2.75) is 24.2 Å². The number of hydrogen-bond acceptors (Lipinski definition) is 6. The first-order valence-electron chi connectivity index (χ1n) is 10.6. The van der Waals surface area contributed by atoms with Crippen molar-refractivity contribution in [2.24, 2.45) is 5.92 Å². The van der Waals surface area contributed by atoms with Crippen molar-refractivity contribution in [3.05, 3.63) is 78.0 Å². The Kier molecular flexibility index (Phi) is 6.50. The zero-order chi connectivity index (χ0) is 22.6. The number of piperidine rings is 1. The fraction of sp³-hybridized carbons (Fsp3) is 0.292. The zero-order valence-corrected chi connectivity index (χ0v) is 18.8. The molecule has 0 aliphatic carbocycles. The van der Waals surface area contributed by atoms with Crippen LogP contribution in [0.1, 0.15) is 28.9 Å². The third-order valence-corrected chi connectivity index (χ3v) is 6.86. The quantitative estimate of drug-likeness (QED) is 0.617. The highest BCUT2D eigenvalue weighted by atomic mass is 32.2. The maximum absolute atomic E-state index is 12.5. The average molecular weight is 451 g/mol.